The van der Waals surface area contributed by atoms with Crippen molar-refractivity contribution in [3.63, 3.8) is 0 Å². The van der Waals surface area contributed by atoms with Crippen LogP contribution in [0.3, 0.4) is 0 Å². The summed E-state index contributed by atoms with van der Waals surface area (Å²) < 4.78 is 0. The van der Waals surface area contributed by atoms with Gasteiger partial charge in [-0.1, -0.05) is 12.1 Å². The van der Waals surface area contributed by atoms with E-state index < -0.39 is 0 Å². The third-order valence-corrected chi connectivity index (χ3v) is 3.52. The van der Waals surface area contributed by atoms with E-state index in [2.05, 4.69) is 15.3 Å². The Morgan fingerprint density at radius 2 is 1.95 bits per heavy atom. The smallest absolute Gasteiger partial charge is 0.132 e. The second-order valence-electron chi connectivity index (χ2n) is 4.84. The number of fused-ring (bicyclic) bond motifs is 1. The minimum atomic E-state index is 0.310. The number of anilines is 1. The molecule has 0 unspecified atom stereocenters. The number of hydrogen-bond acceptors (Lipinski definition) is 4. The van der Waals surface area contributed by atoms with Gasteiger partial charge in [-0.25, -0.2) is 9.97 Å². The molecule has 0 spiro atoms. The maximum atomic E-state index is 9.23. The normalized spacial score (nSPS) is 13.3. The lowest BCUT2D eigenvalue weighted by Gasteiger charge is -2.09. The predicted octanol–water partition coefficient (Wildman–Crippen LogP) is 2.33. The molecule has 3 rings (SSSR count). The van der Waals surface area contributed by atoms with Crippen LogP contribution in [0.2, 0.25) is 0 Å². The second kappa shape index (κ2) is 5.26. The number of hydrogen-bond donors (Lipinski definition) is 2. The van der Waals surface area contributed by atoms with Crippen LogP contribution in [0.25, 0.3) is 0 Å². The molecule has 1 aliphatic rings. The van der Waals surface area contributed by atoms with Gasteiger partial charge in [0.25, 0.3) is 0 Å². The first-order valence-electron chi connectivity index (χ1n) is 6.67. The zero-order chi connectivity index (χ0) is 13.1. The van der Waals surface area contributed by atoms with Crippen molar-refractivity contribution in [1.82, 2.24) is 9.97 Å². The first kappa shape index (κ1) is 12.0. The number of phenols is 1. The van der Waals surface area contributed by atoms with Crippen molar-refractivity contribution in [2.75, 3.05) is 11.9 Å². The number of benzene rings is 1. The molecule has 0 saturated heterocycles. The fraction of sp³-hybridized carbons (Fsp3) is 0.333. The van der Waals surface area contributed by atoms with Crippen LogP contribution < -0.4 is 5.32 Å². The second-order valence-corrected chi connectivity index (χ2v) is 4.84. The van der Waals surface area contributed by atoms with Crippen molar-refractivity contribution in [3.8, 4) is 5.75 Å². The summed E-state index contributed by atoms with van der Waals surface area (Å²) in [5, 5.41) is 12.6. The molecule has 19 heavy (non-hydrogen) atoms. The standard InChI is InChI=1S/C15H17N3O/c19-12-6-4-11(5-7-12)8-9-16-15-13-2-1-3-14(13)17-10-18-15/h4-7,10,19H,1-3,8-9H2,(H,16,17,18). The van der Waals surface area contributed by atoms with E-state index in [0.29, 0.717) is 5.75 Å². The van der Waals surface area contributed by atoms with Crippen molar-refractivity contribution in [3.05, 3.63) is 47.4 Å². The van der Waals surface area contributed by atoms with Crippen LogP contribution in [0.15, 0.2) is 30.6 Å². The lowest BCUT2D eigenvalue weighted by Crippen LogP contribution is -2.09. The summed E-state index contributed by atoms with van der Waals surface area (Å²) in [5.41, 5.74) is 3.69. The number of rotatable bonds is 4. The molecule has 98 valence electrons. The molecule has 2 aromatic rings. The van der Waals surface area contributed by atoms with Crippen molar-refractivity contribution < 1.29 is 5.11 Å². The van der Waals surface area contributed by atoms with E-state index in [-0.39, 0.29) is 0 Å². The zero-order valence-electron chi connectivity index (χ0n) is 10.8. The van der Waals surface area contributed by atoms with E-state index in [1.54, 1.807) is 18.5 Å². The molecule has 0 radical (unpaired) electrons. The molecule has 4 heteroatoms. The SMILES string of the molecule is Oc1ccc(CCNc2ncnc3c2CCC3)cc1. The Hall–Kier alpha value is -2.10. The van der Waals surface area contributed by atoms with Crippen molar-refractivity contribution >= 4 is 5.82 Å². The van der Waals surface area contributed by atoms with Crippen LogP contribution in [0, 0.1) is 0 Å². The molecule has 1 heterocycles. The van der Waals surface area contributed by atoms with Crippen LogP contribution in [0.4, 0.5) is 5.82 Å². The first-order chi connectivity index (χ1) is 9.33. The van der Waals surface area contributed by atoms with Crippen LogP contribution >= 0.6 is 0 Å². The van der Waals surface area contributed by atoms with Gasteiger partial charge in [-0.2, -0.15) is 0 Å². The number of aryl methyl sites for hydroxylation is 1. The van der Waals surface area contributed by atoms with Crippen LogP contribution in [-0.2, 0) is 19.3 Å². The van der Waals surface area contributed by atoms with Gasteiger partial charge in [-0.05, 0) is 43.4 Å². The third-order valence-electron chi connectivity index (χ3n) is 3.52. The minimum Gasteiger partial charge on any atom is -0.508 e. The fourth-order valence-electron chi connectivity index (χ4n) is 2.50. The van der Waals surface area contributed by atoms with E-state index in [4.69, 9.17) is 0 Å². The van der Waals surface area contributed by atoms with Crippen molar-refractivity contribution in [2.24, 2.45) is 0 Å². The molecular formula is C15H17N3O. The number of aromatic nitrogens is 2. The molecule has 0 atom stereocenters. The summed E-state index contributed by atoms with van der Waals surface area (Å²) >= 11 is 0. The molecule has 1 aromatic carbocycles. The molecule has 1 aromatic heterocycles. The lowest BCUT2D eigenvalue weighted by atomic mass is 10.1. The van der Waals surface area contributed by atoms with E-state index in [9.17, 15) is 5.11 Å². The largest absolute Gasteiger partial charge is 0.508 e. The summed E-state index contributed by atoms with van der Waals surface area (Å²) in [5.74, 6) is 1.30. The number of nitrogens with one attached hydrogen (secondary N) is 1. The molecule has 4 nitrogen and oxygen atoms in total. The van der Waals surface area contributed by atoms with Gasteiger partial charge in [0, 0.05) is 17.8 Å². The molecule has 2 N–H and O–H groups in total. The van der Waals surface area contributed by atoms with Crippen molar-refractivity contribution in [1.29, 1.82) is 0 Å². The average Bonchev–Trinajstić information content (AvgIpc) is 2.90. The van der Waals surface area contributed by atoms with Gasteiger partial charge in [0.15, 0.2) is 0 Å². The maximum absolute atomic E-state index is 9.23. The Bertz CT molecular complexity index is 566. The Balaban J connectivity index is 1.61. The molecule has 0 amide bonds. The Kier molecular flexibility index (Phi) is 3.31. The summed E-state index contributed by atoms with van der Waals surface area (Å²) in [4.78, 5) is 8.65. The van der Waals surface area contributed by atoms with Crippen molar-refractivity contribution in [2.45, 2.75) is 25.7 Å². The van der Waals surface area contributed by atoms with Gasteiger partial charge >= 0.3 is 0 Å². The van der Waals surface area contributed by atoms with Crippen LogP contribution in [0.5, 0.6) is 5.75 Å². The number of aromatic hydroxyl groups is 1. The van der Waals surface area contributed by atoms with E-state index in [1.165, 1.54) is 23.2 Å². The van der Waals surface area contributed by atoms with E-state index in [1.807, 2.05) is 12.1 Å². The maximum Gasteiger partial charge on any atom is 0.132 e. The van der Waals surface area contributed by atoms with Gasteiger partial charge < -0.3 is 10.4 Å². The molecule has 0 fully saturated rings. The predicted molar refractivity (Wildman–Crippen MR) is 74.4 cm³/mol. The van der Waals surface area contributed by atoms with Gasteiger partial charge in [0.2, 0.25) is 0 Å². The zero-order valence-corrected chi connectivity index (χ0v) is 10.8. The highest BCUT2D eigenvalue weighted by atomic mass is 16.3. The summed E-state index contributed by atoms with van der Waals surface area (Å²) in [6, 6.07) is 7.33. The van der Waals surface area contributed by atoms with Crippen LogP contribution in [-0.4, -0.2) is 21.6 Å². The third kappa shape index (κ3) is 2.67. The summed E-state index contributed by atoms with van der Waals surface area (Å²) in [6.45, 7) is 0.841. The highest BCUT2D eigenvalue weighted by Crippen LogP contribution is 2.24. The molecule has 0 saturated carbocycles. The molecule has 0 aliphatic heterocycles. The first-order valence-corrected chi connectivity index (χ1v) is 6.67. The van der Waals surface area contributed by atoms with Gasteiger partial charge in [0.05, 0.1) is 0 Å². The van der Waals surface area contributed by atoms with Crippen LogP contribution in [0.1, 0.15) is 23.2 Å². The topological polar surface area (TPSA) is 58.0 Å². The molecule has 0 bridgehead atoms. The van der Waals surface area contributed by atoms with Gasteiger partial charge in [-0.3, -0.25) is 0 Å². The molecular weight excluding hydrogens is 238 g/mol. The minimum absolute atomic E-state index is 0.310. The summed E-state index contributed by atoms with van der Waals surface area (Å²) in [6.07, 6.45) is 5.90. The van der Waals surface area contributed by atoms with Gasteiger partial charge in [0.1, 0.15) is 17.9 Å². The lowest BCUT2D eigenvalue weighted by molar-refractivity contribution is 0.475. The number of nitrogens with zero attached hydrogens (tertiary/aromatic N) is 2. The summed E-state index contributed by atoms with van der Waals surface area (Å²) in [7, 11) is 0. The quantitative estimate of drug-likeness (QED) is 0.880. The Labute approximate surface area is 112 Å². The van der Waals surface area contributed by atoms with E-state index >= 15 is 0 Å². The highest BCUT2D eigenvalue weighted by Gasteiger charge is 2.16. The average molecular weight is 255 g/mol. The highest BCUT2D eigenvalue weighted by molar-refractivity contribution is 5.48. The fourth-order valence-corrected chi connectivity index (χ4v) is 2.50. The monoisotopic (exact) mass is 255 g/mol. The van der Waals surface area contributed by atoms with E-state index in [0.717, 1.165) is 31.6 Å². The van der Waals surface area contributed by atoms with Gasteiger partial charge in [-0.15, -0.1) is 0 Å². The Morgan fingerprint density at radius 3 is 2.79 bits per heavy atom. The Morgan fingerprint density at radius 1 is 1.11 bits per heavy atom. The molecule has 1 aliphatic carbocycles. The number of phenolic OH excluding ortho intramolecular Hbond substituents is 1.